The number of halogens is 2. The predicted octanol–water partition coefficient (Wildman–Crippen LogP) is 7.44. The Labute approximate surface area is 270 Å². The topological polar surface area (TPSA) is 93.6 Å². The zero-order valence-electron chi connectivity index (χ0n) is 24.5. The molecule has 0 spiro atoms. The van der Waals surface area contributed by atoms with Crippen LogP contribution in [0.15, 0.2) is 72.8 Å². The van der Waals surface area contributed by atoms with Crippen molar-refractivity contribution >= 4 is 63.4 Å². The standard InChI is InChI=1S/C36H30Cl2N2O5/c1-19-2-13-28-26(16-19)27(36(44)45-30(14-15-37)33(41)21-5-9-24(38)10-6-21)18-29(39-28)20-7-11-25(12-8-20)40-34(42)31-22-3-4-23(17-22)32(31)35(40)43/h2,5-13,16,18,22-23,30-32H,3-4,14-15,17H2,1H3. The first kappa shape index (κ1) is 29.6. The number of hydrogen-bond donors (Lipinski definition) is 0. The Hall–Kier alpha value is -4.07. The van der Waals surface area contributed by atoms with E-state index in [1.165, 1.54) is 4.90 Å². The highest BCUT2D eigenvalue weighted by Gasteiger charge is 2.61. The fourth-order valence-corrected chi connectivity index (χ4v) is 7.76. The summed E-state index contributed by atoms with van der Waals surface area (Å²) in [6.45, 7) is 1.92. The minimum absolute atomic E-state index is 0.0890. The van der Waals surface area contributed by atoms with Crippen LogP contribution in [-0.2, 0) is 14.3 Å². The van der Waals surface area contributed by atoms with Crippen molar-refractivity contribution in [3.63, 3.8) is 0 Å². The van der Waals surface area contributed by atoms with Gasteiger partial charge in [-0.25, -0.2) is 9.78 Å². The highest BCUT2D eigenvalue weighted by Crippen LogP contribution is 2.56. The number of alkyl halides is 1. The summed E-state index contributed by atoms with van der Waals surface area (Å²) in [6, 6.07) is 20.8. The molecule has 2 heterocycles. The molecule has 2 aliphatic carbocycles. The lowest BCUT2D eigenvalue weighted by Crippen LogP contribution is -2.32. The third-order valence-electron chi connectivity index (χ3n) is 9.57. The quantitative estimate of drug-likeness (QED) is 0.0860. The lowest BCUT2D eigenvalue weighted by molar-refractivity contribution is -0.123. The molecular formula is C36H30Cl2N2O5. The van der Waals surface area contributed by atoms with Gasteiger partial charge < -0.3 is 4.74 Å². The van der Waals surface area contributed by atoms with Crippen LogP contribution in [0.3, 0.4) is 0 Å². The number of aryl methyl sites for hydroxylation is 1. The molecule has 7 rings (SSSR count). The van der Waals surface area contributed by atoms with Crippen molar-refractivity contribution in [3.05, 3.63) is 94.5 Å². The van der Waals surface area contributed by atoms with Crippen LogP contribution in [0.25, 0.3) is 22.2 Å². The summed E-state index contributed by atoms with van der Waals surface area (Å²) in [6.07, 6.45) is 2.09. The van der Waals surface area contributed by atoms with Gasteiger partial charge in [0, 0.05) is 33.8 Å². The Bertz CT molecular complexity index is 1830. The van der Waals surface area contributed by atoms with Crippen LogP contribution in [0, 0.1) is 30.6 Å². The fraction of sp³-hybridized carbons (Fsp3) is 0.306. The summed E-state index contributed by atoms with van der Waals surface area (Å²) < 4.78 is 5.82. The van der Waals surface area contributed by atoms with Gasteiger partial charge in [-0.15, -0.1) is 11.6 Å². The van der Waals surface area contributed by atoms with Crippen molar-refractivity contribution in [2.24, 2.45) is 23.7 Å². The van der Waals surface area contributed by atoms with E-state index < -0.39 is 12.1 Å². The number of imide groups is 1. The molecule has 3 aromatic carbocycles. The van der Waals surface area contributed by atoms with Crippen LogP contribution >= 0.6 is 23.2 Å². The second-order valence-corrected chi connectivity index (χ2v) is 13.1. The van der Waals surface area contributed by atoms with Gasteiger partial charge in [-0.2, -0.15) is 0 Å². The Balaban J connectivity index is 1.19. The molecule has 228 valence electrons. The number of hydrogen-bond acceptors (Lipinski definition) is 6. The number of Topliss-reactive ketones (excluding diaryl/α,β-unsaturated/α-hetero) is 1. The van der Waals surface area contributed by atoms with Gasteiger partial charge in [-0.1, -0.05) is 35.4 Å². The average Bonchev–Trinajstić information content (AvgIpc) is 3.73. The maximum absolute atomic E-state index is 13.7. The van der Waals surface area contributed by atoms with Crippen molar-refractivity contribution in [1.82, 2.24) is 4.98 Å². The summed E-state index contributed by atoms with van der Waals surface area (Å²) >= 11 is 12.0. The summed E-state index contributed by atoms with van der Waals surface area (Å²) in [7, 11) is 0. The molecule has 1 aromatic heterocycles. The number of ether oxygens (including phenoxy) is 1. The van der Waals surface area contributed by atoms with Crippen LogP contribution in [0.4, 0.5) is 5.69 Å². The van der Waals surface area contributed by atoms with Gasteiger partial charge in [0.25, 0.3) is 0 Å². The maximum atomic E-state index is 13.7. The Morgan fingerprint density at radius 3 is 2.24 bits per heavy atom. The first-order valence-corrected chi connectivity index (χ1v) is 16.1. The molecule has 2 bridgehead atoms. The third kappa shape index (κ3) is 5.22. The van der Waals surface area contributed by atoms with Gasteiger partial charge in [-0.05, 0) is 92.6 Å². The number of esters is 1. The van der Waals surface area contributed by atoms with Crippen LogP contribution in [0.5, 0.6) is 0 Å². The van der Waals surface area contributed by atoms with Gasteiger partial charge in [-0.3, -0.25) is 19.3 Å². The molecule has 5 atom stereocenters. The molecule has 3 aliphatic rings. The number of carbonyl (C=O) groups is 4. The van der Waals surface area contributed by atoms with Crippen molar-refractivity contribution in [3.8, 4) is 11.3 Å². The van der Waals surface area contributed by atoms with E-state index in [1.807, 2.05) is 25.1 Å². The zero-order valence-corrected chi connectivity index (χ0v) is 26.1. The molecule has 0 radical (unpaired) electrons. The smallest absolute Gasteiger partial charge is 0.339 e. The van der Waals surface area contributed by atoms with Gasteiger partial charge >= 0.3 is 5.97 Å². The van der Waals surface area contributed by atoms with E-state index in [4.69, 9.17) is 32.9 Å². The van der Waals surface area contributed by atoms with E-state index in [1.54, 1.807) is 54.6 Å². The monoisotopic (exact) mass is 640 g/mol. The molecule has 2 saturated carbocycles. The lowest BCUT2D eigenvalue weighted by atomic mass is 9.81. The summed E-state index contributed by atoms with van der Waals surface area (Å²) in [5.74, 6) is -0.844. The van der Waals surface area contributed by atoms with Crippen molar-refractivity contribution in [2.75, 3.05) is 10.8 Å². The first-order valence-electron chi connectivity index (χ1n) is 15.2. The van der Waals surface area contributed by atoms with Crippen LogP contribution in [0.2, 0.25) is 5.02 Å². The number of benzene rings is 3. The molecule has 1 aliphatic heterocycles. The Morgan fingerprint density at radius 1 is 0.933 bits per heavy atom. The molecular weight excluding hydrogens is 611 g/mol. The van der Waals surface area contributed by atoms with E-state index in [2.05, 4.69) is 0 Å². The highest BCUT2D eigenvalue weighted by molar-refractivity contribution is 6.30. The fourth-order valence-electron chi connectivity index (χ4n) is 7.44. The number of carbonyl (C=O) groups excluding carboxylic acids is 4. The predicted molar refractivity (Wildman–Crippen MR) is 173 cm³/mol. The number of ketones is 1. The SMILES string of the molecule is Cc1ccc2nc(-c3ccc(N4C(=O)C5C6CCC(C6)C5C4=O)cc3)cc(C(=O)OC(CCCl)C(=O)c3ccc(Cl)cc3)c2c1. The molecule has 1 saturated heterocycles. The van der Waals surface area contributed by atoms with E-state index in [9.17, 15) is 19.2 Å². The summed E-state index contributed by atoms with van der Waals surface area (Å²) in [5.41, 5.74) is 3.90. The molecule has 5 unspecified atom stereocenters. The van der Waals surface area contributed by atoms with Crippen molar-refractivity contribution < 1.29 is 23.9 Å². The second kappa shape index (κ2) is 11.7. The molecule has 2 amide bonds. The van der Waals surface area contributed by atoms with Crippen molar-refractivity contribution in [2.45, 2.75) is 38.7 Å². The minimum atomic E-state index is -1.09. The average molecular weight is 642 g/mol. The van der Waals surface area contributed by atoms with Gasteiger partial charge in [0.15, 0.2) is 6.10 Å². The zero-order chi connectivity index (χ0) is 31.4. The van der Waals surface area contributed by atoms with Crippen LogP contribution in [-0.4, -0.2) is 40.5 Å². The number of nitrogens with zero attached hydrogens (tertiary/aromatic N) is 2. The normalized spacial score (nSPS) is 22.6. The molecule has 0 N–H and O–H groups in total. The number of anilines is 1. The first-order chi connectivity index (χ1) is 21.7. The molecule has 9 heteroatoms. The van der Waals surface area contributed by atoms with E-state index in [-0.39, 0.29) is 47.3 Å². The molecule has 7 nitrogen and oxygen atoms in total. The number of aromatic nitrogens is 1. The van der Waals surface area contributed by atoms with E-state index in [0.29, 0.717) is 50.3 Å². The molecule has 45 heavy (non-hydrogen) atoms. The summed E-state index contributed by atoms with van der Waals surface area (Å²) in [4.78, 5) is 59.8. The van der Waals surface area contributed by atoms with E-state index >= 15 is 0 Å². The Morgan fingerprint density at radius 2 is 1.60 bits per heavy atom. The highest BCUT2D eigenvalue weighted by atomic mass is 35.5. The lowest BCUT2D eigenvalue weighted by Gasteiger charge is -2.19. The molecule has 4 aromatic rings. The van der Waals surface area contributed by atoms with Crippen LogP contribution < -0.4 is 4.90 Å². The maximum Gasteiger partial charge on any atom is 0.339 e. The number of amides is 2. The van der Waals surface area contributed by atoms with Gasteiger partial charge in [0.05, 0.1) is 34.3 Å². The number of pyridine rings is 1. The van der Waals surface area contributed by atoms with Gasteiger partial charge in [0.1, 0.15) is 0 Å². The number of fused-ring (bicyclic) bond motifs is 6. The second-order valence-electron chi connectivity index (χ2n) is 12.3. The van der Waals surface area contributed by atoms with E-state index in [0.717, 1.165) is 24.8 Å². The number of rotatable bonds is 8. The summed E-state index contributed by atoms with van der Waals surface area (Å²) in [5, 5.41) is 1.09. The van der Waals surface area contributed by atoms with Crippen LogP contribution in [0.1, 0.15) is 52.0 Å². The largest absolute Gasteiger partial charge is 0.450 e. The molecule has 3 fully saturated rings. The Kier molecular flexibility index (Phi) is 7.70. The third-order valence-corrected chi connectivity index (χ3v) is 10.0. The van der Waals surface area contributed by atoms with Gasteiger partial charge in [0.2, 0.25) is 17.6 Å². The van der Waals surface area contributed by atoms with Crippen molar-refractivity contribution in [1.29, 1.82) is 0 Å². The minimum Gasteiger partial charge on any atom is -0.450 e.